The summed E-state index contributed by atoms with van der Waals surface area (Å²) in [6.45, 7) is 5.48. The Bertz CT molecular complexity index is 1750. The molecule has 0 rings (SSSR count). The van der Waals surface area contributed by atoms with E-state index in [-0.39, 0.29) is 63.0 Å². The van der Waals surface area contributed by atoms with Gasteiger partial charge < -0.3 is 91.6 Å². The Kier molecular flexibility index (Phi) is 27.1. The van der Waals surface area contributed by atoms with E-state index in [9.17, 15) is 68.4 Å². The van der Waals surface area contributed by atoms with Gasteiger partial charge in [0, 0.05) is 13.1 Å². The van der Waals surface area contributed by atoms with Crippen LogP contribution < -0.4 is 71.2 Å². The van der Waals surface area contributed by atoms with Crippen molar-refractivity contribution in [2.45, 2.75) is 128 Å². The van der Waals surface area contributed by atoms with Gasteiger partial charge in [0.2, 0.25) is 47.3 Å². The minimum absolute atomic E-state index is 0.00244. The quantitative estimate of drug-likeness (QED) is 0.0174. The molecule has 0 aliphatic rings. The van der Waals surface area contributed by atoms with Gasteiger partial charge in [-0.15, -0.1) is 0 Å². The Morgan fingerprint density at radius 1 is 0.530 bits per heavy atom. The third-order valence-electron chi connectivity index (χ3n) is 9.01. The Morgan fingerprint density at radius 3 is 1.41 bits per heavy atom. The lowest BCUT2D eigenvalue weighted by molar-refractivity contribution is -0.145. The standard InChI is InChI=1S/C37H67N15O14/c1-16(2)12-22(32(62)47-17(3)29(59)52-28(19(5)54)35(65)66)51-33(63)23(13-26(57)58)49-25(56)14-45-30(60)20(8-6-10-43-36(39)40)50-31(61)21(9-7-11-44-37(41)42)48-24(55)15-46-34(64)27(38)18(4)53/h16-23,27-28,53-54H,6-15,38H2,1-5H3,(H,45,60)(H,46,64)(H,47,62)(H,48,55)(H,49,56)(H,50,61)(H,51,63)(H,52,59)(H,57,58)(H,65,66)(H4,39,40,43)(H4,41,42,44)/t17-,18+,19+,20-,21-,22-,23-,27-,28-/m0/s1. The third kappa shape index (κ3) is 24.8. The smallest absolute Gasteiger partial charge is 0.328 e. The number of nitrogens with two attached hydrogens (primary N) is 5. The lowest BCUT2D eigenvalue weighted by Gasteiger charge is -2.26. The molecule has 66 heavy (non-hydrogen) atoms. The first kappa shape index (κ1) is 59.1. The number of hydrogen-bond acceptors (Lipinski definition) is 15. The van der Waals surface area contributed by atoms with Crippen molar-refractivity contribution in [1.82, 2.24) is 42.5 Å². The Labute approximate surface area is 380 Å². The van der Waals surface area contributed by atoms with Crippen LogP contribution in [0.3, 0.4) is 0 Å². The monoisotopic (exact) mass is 945 g/mol. The fraction of sp³-hybridized carbons (Fsp3) is 0.676. The van der Waals surface area contributed by atoms with Crippen LogP contribution in [0.2, 0.25) is 0 Å². The van der Waals surface area contributed by atoms with Gasteiger partial charge in [-0.1, -0.05) is 13.8 Å². The highest BCUT2D eigenvalue weighted by molar-refractivity contribution is 5.97. The molecule has 29 heteroatoms. The number of hydrogen-bond donors (Lipinski definition) is 17. The van der Waals surface area contributed by atoms with Crippen LogP contribution in [-0.2, 0) is 47.9 Å². The van der Waals surface area contributed by atoms with Crippen LogP contribution in [0.4, 0.5) is 0 Å². The summed E-state index contributed by atoms with van der Waals surface area (Å²) in [4.78, 5) is 135. The van der Waals surface area contributed by atoms with E-state index in [2.05, 4.69) is 52.5 Å². The normalized spacial score (nSPS) is 14.9. The van der Waals surface area contributed by atoms with Crippen LogP contribution in [-0.4, -0.2) is 172 Å². The number of rotatable bonds is 31. The Balaban J connectivity index is 6.14. The highest BCUT2D eigenvalue weighted by Crippen LogP contribution is 2.08. The molecule has 0 saturated carbocycles. The molecule has 8 amide bonds. The number of aliphatic imine (C=N–C) groups is 2. The summed E-state index contributed by atoms with van der Waals surface area (Å²) in [6, 6.07) is -10.4. The average Bonchev–Trinajstić information content (AvgIpc) is 3.21. The number of carbonyl (C=O) groups excluding carboxylic acids is 8. The van der Waals surface area contributed by atoms with Crippen LogP contribution in [0.5, 0.6) is 0 Å². The second-order valence-corrected chi connectivity index (χ2v) is 15.5. The molecular formula is C37H67N15O14. The molecule has 0 bridgehead atoms. The maximum Gasteiger partial charge on any atom is 0.328 e. The molecule has 0 unspecified atom stereocenters. The number of amides is 8. The number of nitrogens with one attached hydrogen (secondary N) is 8. The first-order valence-electron chi connectivity index (χ1n) is 20.7. The van der Waals surface area contributed by atoms with E-state index in [4.69, 9.17) is 28.7 Å². The van der Waals surface area contributed by atoms with Crippen LogP contribution in [0.1, 0.15) is 73.1 Å². The SMILES string of the molecule is CC(C)C[C@H](NC(=O)[C@H](CC(=O)O)NC(=O)CNC(=O)[C@H](CCCN=C(N)N)NC(=O)[C@H](CCCN=C(N)N)NC(=O)CNC(=O)[C@@H](N)[C@@H](C)O)C(=O)N[C@@H](C)C(=O)N[C@H](C(=O)O)[C@@H](C)O. The average molecular weight is 946 g/mol. The van der Waals surface area contributed by atoms with Crippen molar-refractivity contribution in [2.75, 3.05) is 26.2 Å². The lowest BCUT2D eigenvalue weighted by Crippen LogP contribution is -2.59. The first-order chi connectivity index (χ1) is 30.7. The van der Waals surface area contributed by atoms with E-state index in [0.29, 0.717) is 0 Å². The van der Waals surface area contributed by atoms with Crippen LogP contribution in [0.15, 0.2) is 9.98 Å². The van der Waals surface area contributed by atoms with E-state index in [1.165, 1.54) is 13.8 Å². The molecule has 0 saturated heterocycles. The van der Waals surface area contributed by atoms with Gasteiger partial charge in [-0.05, 0) is 58.8 Å². The van der Waals surface area contributed by atoms with Crippen molar-refractivity contribution < 1.29 is 68.4 Å². The number of aliphatic hydroxyl groups is 2. The zero-order valence-electron chi connectivity index (χ0n) is 37.5. The van der Waals surface area contributed by atoms with E-state index in [1.54, 1.807) is 13.8 Å². The van der Waals surface area contributed by atoms with E-state index < -0.39 is 133 Å². The number of aliphatic carboxylic acids is 2. The molecule has 0 heterocycles. The second-order valence-electron chi connectivity index (χ2n) is 15.5. The lowest BCUT2D eigenvalue weighted by atomic mass is 10.0. The van der Waals surface area contributed by atoms with Crippen molar-refractivity contribution in [3.05, 3.63) is 0 Å². The second kappa shape index (κ2) is 30.3. The molecule has 0 fully saturated rings. The van der Waals surface area contributed by atoms with Crippen molar-refractivity contribution >= 4 is 71.1 Å². The van der Waals surface area contributed by atoms with Crippen LogP contribution in [0.25, 0.3) is 0 Å². The molecule has 0 aromatic heterocycles. The van der Waals surface area contributed by atoms with Crippen molar-refractivity contribution in [3.8, 4) is 0 Å². The molecule has 9 atom stereocenters. The minimum atomic E-state index is -1.82. The van der Waals surface area contributed by atoms with Crippen molar-refractivity contribution in [1.29, 1.82) is 0 Å². The van der Waals surface area contributed by atoms with E-state index in [0.717, 1.165) is 6.92 Å². The topological polar surface area (TPSA) is 503 Å². The number of carbonyl (C=O) groups is 10. The Hall–Kier alpha value is -6.88. The number of carboxylic acids is 2. The molecule has 0 aromatic carbocycles. The molecule has 374 valence electrons. The highest BCUT2D eigenvalue weighted by Gasteiger charge is 2.33. The molecular weight excluding hydrogens is 878 g/mol. The maximum atomic E-state index is 13.6. The molecule has 0 aliphatic carbocycles. The van der Waals surface area contributed by atoms with Gasteiger partial charge in [0.25, 0.3) is 0 Å². The predicted molar refractivity (Wildman–Crippen MR) is 234 cm³/mol. The molecule has 0 aliphatic heterocycles. The van der Waals surface area contributed by atoms with Gasteiger partial charge in [0.05, 0.1) is 31.7 Å². The molecule has 0 radical (unpaired) electrons. The van der Waals surface area contributed by atoms with Gasteiger partial charge in [-0.3, -0.25) is 53.1 Å². The van der Waals surface area contributed by atoms with Crippen LogP contribution in [0, 0.1) is 5.92 Å². The summed E-state index contributed by atoms with van der Waals surface area (Å²) in [5.41, 5.74) is 27.1. The molecule has 0 spiro atoms. The number of carboxylic acid groups (broad SMARTS) is 2. The molecule has 0 aromatic rings. The summed E-state index contributed by atoms with van der Waals surface area (Å²) in [5, 5.41) is 56.4. The first-order valence-corrected chi connectivity index (χ1v) is 20.7. The van der Waals surface area contributed by atoms with Gasteiger partial charge >= 0.3 is 11.9 Å². The zero-order chi connectivity index (χ0) is 50.8. The largest absolute Gasteiger partial charge is 0.481 e. The number of nitrogens with zero attached hydrogens (tertiary/aromatic N) is 2. The fourth-order valence-electron chi connectivity index (χ4n) is 5.51. The van der Waals surface area contributed by atoms with Gasteiger partial charge in [-0.2, -0.15) is 0 Å². The highest BCUT2D eigenvalue weighted by atomic mass is 16.4. The van der Waals surface area contributed by atoms with Gasteiger partial charge in [0.1, 0.15) is 36.3 Å². The van der Waals surface area contributed by atoms with Crippen LogP contribution >= 0.6 is 0 Å². The van der Waals surface area contributed by atoms with Crippen molar-refractivity contribution in [3.63, 3.8) is 0 Å². The maximum absolute atomic E-state index is 13.6. The number of aliphatic hydroxyl groups excluding tert-OH is 2. The zero-order valence-corrected chi connectivity index (χ0v) is 37.5. The predicted octanol–water partition coefficient (Wildman–Crippen LogP) is -8.05. The van der Waals surface area contributed by atoms with Gasteiger partial charge in [-0.25, -0.2) is 4.79 Å². The number of guanidine groups is 2. The summed E-state index contributed by atoms with van der Waals surface area (Å²) >= 11 is 0. The molecule has 29 nitrogen and oxygen atoms in total. The summed E-state index contributed by atoms with van der Waals surface area (Å²) in [7, 11) is 0. The van der Waals surface area contributed by atoms with E-state index >= 15 is 0 Å². The molecule has 22 N–H and O–H groups in total. The van der Waals surface area contributed by atoms with Gasteiger partial charge in [0.15, 0.2) is 18.0 Å². The fourth-order valence-corrected chi connectivity index (χ4v) is 5.51. The van der Waals surface area contributed by atoms with E-state index in [1.807, 2.05) is 0 Å². The third-order valence-corrected chi connectivity index (χ3v) is 9.01. The summed E-state index contributed by atoms with van der Waals surface area (Å²) in [5.74, 6) is -11.6. The summed E-state index contributed by atoms with van der Waals surface area (Å²) < 4.78 is 0. The minimum Gasteiger partial charge on any atom is -0.481 e. The van der Waals surface area contributed by atoms with Crippen molar-refractivity contribution in [2.24, 2.45) is 44.6 Å². The Morgan fingerprint density at radius 2 is 0.970 bits per heavy atom. The summed E-state index contributed by atoms with van der Waals surface area (Å²) in [6.07, 6.45) is -3.75.